The summed E-state index contributed by atoms with van der Waals surface area (Å²) in [4.78, 5) is 29.1. The Morgan fingerprint density at radius 3 is 2.56 bits per heavy atom. The summed E-state index contributed by atoms with van der Waals surface area (Å²) in [6.07, 6.45) is 0.715. The molecule has 0 N–H and O–H groups in total. The van der Waals surface area contributed by atoms with E-state index < -0.39 is 0 Å². The van der Waals surface area contributed by atoms with E-state index in [2.05, 4.69) is 12.1 Å². The zero-order valence-electron chi connectivity index (χ0n) is 16.1. The smallest absolute Gasteiger partial charge is 0.246 e. The maximum atomic E-state index is 12.8. The van der Waals surface area contributed by atoms with Crippen LogP contribution in [-0.2, 0) is 16.0 Å². The van der Waals surface area contributed by atoms with Gasteiger partial charge < -0.3 is 14.5 Å². The number of nitrogens with zero attached hydrogens (tertiary/aromatic N) is 2. The van der Waals surface area contributed by atoms with Crippen molar-refractivity contribution in [3.8, 4) is 5.75 Å². The van der Waals surface area contributed by atoms with Gasteiger partial charge in [-0.25, -0.2) is 0 Å². The fourth-order valence-corrected chi connectivity index (χ4v) is 3.45. The molecule has 1 unspecified atom stereocenters. The largest absolute Gasteiger partial charge is 0.497 e. The molecule has 0 spiro atoms. The number of anilines is 1. The molecule has 0 bridgehead atoms. The van der Waals surface area contributed by atoms with Crippen LogP contribution in [0.2, 0.25) is 0 Å². The molecule has 2 aromatic carbocycles. The second kappa shape index (κ2) is 8.25. The predicted molar refractivity (Wildman–Crippen MR) is 106 cm³/mol. The highest BCUT2D eigenvalue weighted by Crippen LogP contribution is 2.26. The molecule has 1 fully saturated rings. The molecule has 5 nitrogen and oxygen atoms in total. The average molecular weight is 366 g/mol. The van der Waals surface area contributed by atoms with E-state index in [-0.39, 0.29) is 30.3 Å². The summed E-state index contributed by atoms with van der Waals surface area (Å²) < 4.78 is 5.29. The SMILES string of the molecule is COc1cccc(N2CC(Cc3ccccc3)N(C(=O)C(C)C)CC2=O)c1. The highest BCUT2D eigenvalue weighted by molar-refractivity contribution is 5.98. The number of carbonyl (C=O) groups excluding carboxylic acids is 2. The second-order valence-electron chi connectivity index (χ2n) is 7.17. The molecule has 1 aliphatic rings. The van der Waals surface area contributed by atoms with Crippen molar-refractivity contribution in [1.82, 2.24) is 4.90 Å². The molecule has 1 atom stereocenters. The zero-order chi connectivity index (χ0) is 19.4. The molecule has 2 aromatic rings. The number of methoxy groups -OCH3 is 1. The minimum atomic E-state index is -0.139. The third kappa shape index (κ3) is 4.30. The molecule has 0 aliphatic carbocycles. The average Bonchev–Trinajstić information content (AvgIpc) is 2.69. The van der Waals surface area contributed by atoms with Crippen LogP contribution in [0.5, 0.6) is 5.75 Å². The molecule has 5 heteroatoms. The van der Waals surface area contributed by atoms with E-state index in [0.717, 1.165) is 11.3 Å². The Kier molecular flexibility index (Phi) is 5.79. The fourth-order valence-electron chi connectivity index (χ4n) is 3.45. The molecule has 0 aromatic heterocycles. The van der Waals surface area contributed by atoms with Crippen molar-refractivity contribution >= 4 is 17.5 Å². The number of benzene rings is 2. The fraction of sp³-hybridized carbons (Fsp3) is 0.364. The molecule has 3 rings (SSSR count). The lowest BCUT2D eigenvalue weighted by atomic mass is 9.99. The van der Waals surface area contributed by atoms with Crippen LogP contribution < -0.4 is 9.64 Å². The van der Waals surface area contributed by atoms with Gasteiger partial charge in [0, 0.05) is 24.2 Å². The summed E-state index contributed by atoms with van der Waals surface area (Å²) in [5.41, 5.74) is 1.96. The van der Waals surface area contributed by atoms with E-state index in [4.69, 9.17) is 4.74 Å². The van der Waals surface area contributed by atoms with E-state index in [1.807, 2.05) is 56.3 Å². The highest BCUT2D eigenvalue weighted by Gasteiger charge is 2.36. The van der Waals surface area contributed by atoms with E-state index in [1.54, 1.807) is 16.9 Å². The molecular formula is C22H26N2O3. The van der Waals surface area contributed by atoms with Crippen molar-refractivity contribution in [2.75, 3.05) is 25.1 Å². The summed E-state index contributed by atoms with van der Waals surface area (Å²) in [5, 5.41) is 0. The van der Waals surface area contributed by atoms with E-state index in [9.17, 15) is 9.59 Å². The lowest BCUT2D eigenvalue weighted by Gasteiger charge is -2.42. The van der Waals surface area contributed by atoms with Crippen LogP contribution in [0.4, 0.5) is 5.69 Å². The van der Waals surface area contributed by atoms with Crippen LogP contribution in [0.3, 0.4) is 0 Å². The van der Waals surface area contributed by atoms with Gasteiger partial charge >= 0.3 is 0 Å². The van der Waals surface area contributed by atoms with Crippen molar-refractivity contribution < 1.29 is 14.3 Å². The third-order valence-corrected chi connectivity index (χ3v) is 4.90. The van der Waals surface area contributed by atoms with Crippen LogP contribution in [0, 0.1) is 5.92 Å². The van der Waals surface area contributed by atoms with Gasteiger partial charge in [0.1, 0.15) is 12.3 Å². The van der Waals surface area contributed by atoms with Crippen LogP contribution in [0.15, 0.2) is 54.6 Å². The first-order valence-corrected chi connectivity index (χ1v) is 9.28. The Bertz CT molecular complexity index is 804. The first kappa shape index (κ1) is 19.0. The Morgan fingerprint density at radius 1 is 1.15 bits per heavy atom. The molecule has 2 amide bonds. The molecule has 1 saturated heterocycles. The van der Waals surface area contributed by atoms with Gasteiger partial charge in [-0.2, -0.15) is 0 Å². The number of rotatable bonds is 5. The molecule has 142 valence electrons. The maximum absolute atomic E-state index is 12.8. The number of carbonyl (C=O) groups is 2. The Hall–Kier alpha value is -2.82. The minimum absolute atomic E-state index is 0.0228. The number of hydrogen-bond donors (Lipinski definition) is 0. The quantitative estimate of drug-likeness (QED) is 0.817. The lowest BCUT2D eigenvalue weighted by molar-refractivity contribution is -0.142. The van der Waals surface area contributed by atoms with Gasteiger partial charge in [-0.3, -0.25) is 9.59 Å². The first-order valence-electron chi connectivity index (χ1n) is 9.28. The van der Waals surface area contributed by atoms with Gasteiger partial charge in [-0.15, -0.1) is 0 Å². The van der Waals surface area contributed by atoms with Gasteiger partial charge in [0.05, 0.1) is 13.2 Å². The van der Waals surface area contributed by atoms with E-state index in [1.165, 1.54) is 0 Å². The van der Waals surface area contributed by atoms with E-state index >= 15 is 0 Å². The molecular weight excluding hydrogens is 340 g/mol. The summed E-state index contributed by atoms with van der Waals surface area (Å²) in [6.45, 7) is 4.33. The van der Waals surface area contributed by atoms with Crippen LogP contribution in [-0.4, -0.2) is 43.0 Å². The van der Waals surface area contributed by atoms with Crippen LogP contribution in [0.1, 0.15) is 19.4 Å². The van der Waals surface area contributed by atoms with Crippen molar-refractivity contribution in [1.29, 1.82) is 0 Å². The normalized spacial score (nSPS) is 17.3. The second-order valence-corrected chi connectivity index (χ2v) is 7.17. The summed E-state index contributed by atoms with van der Waals surface area (Å²) in [7, 11) is 1.61. The summed E-state index contributed by atoms with van der Waals surface area (Å²) >= 11 is 0. The zero-order valence-corrected chi connectivity index (χ0v) is 16.1. The Morgan fingerprint density at radius 2 is 1.89 bits per heavy atom. The first-order chi connectivity index (χ1) is 13.0. The number of hydrogen-bond acceptors (Lipinski definition) is 3. The predicted octanol–water partition coefficient (Wildman–Crippen LogP) is 3.14. The van der Waals surface area contributed by atoms with Gasteiger partial charge in [-0.1, -0.05) is 50.2 Å². The van der Waals surface area contributed by atoms with Crippen LogP contribution >= 0.6 is 0 Å². The maximum Gasteiger partial charge on any atom is 0.246 e. The van der Waals surface area contributed by atoms with Crippen molar-refractivity contribution in [3.63, 3.8) is 0 Å². The van der Waals surface area contributed by atoms with Gasteiger partial charge in [-0.05, 0) is 24.1 Å². The van der Waals surface area contributed by atoms with Gasteiger partial charge in [0.25, 0.3) is 0 Å². The van der Waals surface area contributed by atoms with Crippen molar-refractivity contribution in [3.05, 3.63) is 60.2 Å². The molecule has 27 heavy (non-hydrogen) atoms. The molecule has 1 heterocycles. The number of amides is 2. The van der Waals surface area contributed by atoms with Crippen LogP contribution in [0.25, 0.3) is 0 Å². The monoisotopic (exact) mass is 366 g/mol. The van der Waals surface area contributed by atoms with Gasteiger partial charge in [0.2, 0.25) is 11.8 Å². The highest BCUT2D eigenvalue weighted by atomic mass is 16.5. The van der Waals surface area contributed by atoms with Crippen molar-refractivity contribution in [2.24, 2.45) is 5.92 Å². The lowest BCUT2D eigenvalue weighted by Crippen LogP contribution is -2.59. The third-order valence-electron chi connectivity index (χ3n) is 4.90. The standard InChI is InChI=1S/C22H26N2O3/c1-16(2)22(26)24-15-21(25)23(18-10-7-11-20(13-18)27-3)14-19(24)12-17-8-5-4-6-9-17/h4-11,13,16,19H,12,14-15H2,1-3H3. The molecule has 0 saturated carbocycles. The molecule has 1 aliphatic heterocycles. The Labute approximate surface area is 160 Å². The molecule has 0 radical (unpaired) electrons. The number of ether oxygens (including phenoxy) is 1. The topological polar surface area (TPSA) is 49.9 Å². The Balaban J connectivity index is 1.89. The van der Waals surface area contributed by atoms with Gasteiger partial charge in [0.15, 0.2) is 0 Å². The summed E-state index contributed by atoms with van der Waals surface area (Å²) in [6, 6.07) is 17.5. The summed E-state index contributed by atoms with van der Waals surface area (Å²) in [5.74, 6) is 0.524. The number of piperazine rings is 1. The minimum Gasteiger partial charge on any atom is -0.497 e. The van der Waals surface area contributed by atoms with Crippen molar-refractivity contribution in [2.45, 2.75) is 26.3 Å². The van der Waals surface area contributed by atoms with E-state index in [0.29, 0.717) is 18.7 Å².